The number of benzene rings is 1. The minimum Gasteiger partial charge on any atom is -0.356 e. The molecule has 0 amide bonds. The Morgan fingerprint density at radius 1 is 1.24 bits per heavy atom. The first-order chi connectivity index (χ1) is 11.6. The van der Waals surface area contributed by atoms with Gasteiger partial charge in [-0.25, -0.2) is 4.39 Å². The van der Waals surface area contributed by atoms with Crippen LogP contribution in [0.25, 0.3) is 0 Å². The highest BCUT2D eigenvalue weighted by molar-refractivity contribution is 14.0. The van der Waals surface area contributed by atoms with Gasteiger partial charge in [0.05, 0.1) is 0 Å². The molecule has 2 aromatic rings. The van der Waals surface area contributed by atoms with Crippen LogP contribution in [0.3, 0.4) is 0 Å². The molecule has 8 heteroatoms. The van der Waals surface area contributed by atoms with Crippen molar-refractivity contribution >= 4 is 29.9 Å². The molecular weight excluding hydrogens is 436 g/mol. The van der Waals surface area contributed by atoms with E-state index in [0.717, 1.165) is 30.8 Å². The number of hydrogen-bond acceptors (Lipinski definition) is 4. The summed E-state index contributed by atoms with van der Waals surface area (Å²) < 4.78 is 18.1. The molecule has 0 bridgehead atoms. The number of halogens is 2. The average Bonchev–Trinajstić information content (AvgIpc) is 3.05. The van der Waals surface area contributed by atoms with Gasteiger partial charge in [0.25, 0.3) is 0 Å². The minimum atomic E-state index is -0.233. The summed E-state index contributed by atoms with van der Waals surface area (Å²) in [7, 11) is 1.72. The highest BCUT2D eigenvalue weighted by atomic mass is 127. The second-order valence-corrected chi connectivity index (χ2v) is 5.78. The summed E-state index contributed by atoms with van der Waals surface area (Å²) in [5.74, 6) is 2.15. The molecule has 1 aromatic carbocycles. The normalized spacial score (nSPS) is 11.3. The predicted molar refractivity (Wildman–Crippen MR) is 107 cm³/mol. The van der Waals surface area contributed by atoms with Crippen LogP contribution < -0.4 is 10.6 Å². The molecule has 0 aliphatic rings. The summed E-state index contributed by atoms with van der Waals surface area (Å²) >= 11 is 0. The third-order valence-electron chi connectivity index (χ3n) is 3.46. The van der Waals surface area contributed by atoms with E-state index in [4.69, 9.17) is 4.52 Å². The monoisotopic (exact) mass is 461 g/mol. The van der Waals surface area contributed by atoms with Crippen molar-refractivity contribution in [2.75, 3.05) is 13.6 Å². The van der Waals surface area contributed by atoms with E-state index in [1.165, 1.54) is 12.1 Å². The predicted octanol–water partition coefficient (Wildman–Crippen LogP) is 3.25. The van der Waals surface area contributed by atoms with E-state index in [9.17, 15) is 4.39 Å². The van der Waals surface area contributed by atoms with Crippen molar-refractivity contribution in [1.29, 1.82) is 0 Å². The lowest BCUT2D eigenvalue weighted by Crippen LogP contribution is -2.37. The summed E-state index contributed by atoms with van der Waals surface area (Å²) in [6.45, 7) is 5.39. The number of nitrogens with zero attached hydrogens (tertiary/aromatic N) is 3. The maximum atomic E-state index is 12.9. The molecule has 0 saturated heterocycles. The fraction of sp³-hybridized carbons (Fsp3) is 0.471. The van der Waals surface area contributed by atoms with Gasteiger partial charge in [0, 0.05) is 32.5 Å². The second-order valence-electron chi connectivity index (χ2n) is 5.78. The largest absolute Gasteiger partial charge is 0.356 e. The lowest BCUT2D eigenvalue weighted by atomic mass is 10.2. The van der Waals surface area contributed by atoms with E-state index in [1.54, 1.807) is 19.2 Å². The summed E-state index contributed by atoms with van der Waals surface area (Å²) in [6.07, 6.45) is 1.58. The molecule has 2 rings (SSSR count). The molecule has 138 valence electrons. The van der Waals surface area contributed by atoms with Crippen LogP contribution in [-0.4, -0.2) is 29.7 Å². The molecule has 0 atom stereocenters. The van der Waals surface area contributed by atoms with Crippen molar-refractivity contribution in [2.24, 2.45) is 4.99 Å². The van der Waals surface area contributed by atoms with Crippen molar-refractivity contribution < 1.29 is 8.91 Å². The first kappa shape index (κ1) is 21.3. The fourth-order valence-corrected chi connectivity index (χ4v) is 2.06. The van der Waals surface area contributed by atoms with Gasteiger partial charge in [0.1, 0.15) is 5.82 Å². The Morgan fingerprint density at radius 3 is 2.56 bits per heavy atom. The Morgan fingerprint density at radius 2 is 1.96 bits per heavy atom. The molecular formula is C17H25FIN5O. The van der Waals surface area contributed by atoms with Gasteiger partial charge < -0.3 is 15.2 Å². The first-order valence-corrected chi connectivity index (χ1v) is 8.10. The Bertz CT molecular complexity index is 657. The molecule has 0 aliphatic heterocycles. The quantitative estimate of drug-likeness (QED) is 0.287. The summed E-state index contributed by atoms with van der Waals surface area (Å²) in [5.41, 5.74) is 0.992. The molecule has 0 saturated carbocycles. The second kappa shape index (κ2) is 11.0. The van der Waals surface area contributed by atoms with E-state index >= 15 is 0 Å². The number of nitrogens with one attached hydrogen (secondary N) is 2. The summed E-state index contributed by atoms with van der Waals surface area (Å²) in [5, 5.41) is 10.4. The first-order valence-electron chi connectivity index (χ1n) is 8.10. The van der Waals surface area contributed by atoms with Gasteiger partial charge in [-0.2, -0.15) is 4.98 Å². The Balaban J connectivity index is 0.00000312. The van der Waals surface area contributed by atoms with Crippen LogP contribution >= 0.6 is 24.0 Å². The van der Waals surface area contributed by atoms with Crippen LogP contribution in [0.5, 0.6) is 0 Å². The topological polar surface area (TPSA) is 75.3 Å². The van der Waals surface area contributed by atoms with Crippen LogP contribution in [0.1, 0.15) is 43.5 Å². The zero-order chi connectivity index (χ0) is 17.4. The fourth-order valence-electron chi connectivity index (χ4n) is 2.06. The molecule has 0 aliphatic carbocycles. The number of aromatic nitrogens is 2. The highest BCUT2D eigenvalue weighted by Gasteiger charge is 2.09. The number of aliphatic imine (C=N–C) groups is 1. The Kier molecular flexibility index (Phi) is 9.40. The standard InChI is InChI=1S/C17H24FN5O.HI/c1-12(2)16-22-15(24-23-16)5-4-10-20-17(19-3)21-11-13-6-8-14(18)9-7-13;/h6-9,12H,4-5,10-11H2,1-3H3,(H2,19,20,21);1H. The molecule has 1 heterocycles. The lowest BCUT2D eigenvalue weighted by Gasteiger charge is -2.11. The van der Waals surface area contributed by atoms with Crippen LogP contribution in [0, 0.1) is 5.82 Å². The molecule has 6 nitrogen and oxygen atoms in total. The van der Waals surface area contributed by atoms with Crippen molar-refractivity contribution in [3.8, 4) is 0 Å². The SMILES string of the molecule is CN=C(NCCCc1nc(C(C)C)no1)NCc1ccc(F)cc1.I. The Hall–Kier alpha value is -1.71. The van der Waals surface area contributed by atoms with Gasteiger partial charge in [-0.15, -0.1) is 24.0 Å². The number of aryl methyl sites for hydroxylation is 1. The van der Waals surface area contributed by atoms with Crippen molar-refractivity contribution in [3.05, 3.63) is 47.4 Å². The van der Waals surface area contributed by atoms with E-state index in [1.807, 2.05) is 13.8 Å². The van der Waals surface area contributed by atoms with Gasteiger partial charge in [-0.3, -0.25) is 4.99 Å². The molecule has 0 spiro atoms. The molecule has 0 unspecified atom stereocenters. The van der Waals surface area contributed by atoms with Crippen LogP contribution in [0.2, 0.25) is 0 Å². The molecule has 25 heavy (non-hydrogen) atoms. The molecule has 2 N–H and O–H groups in total. The maximum Gasteiger partial charge on any atom is 0.226 e. The number of hydrogen-bond donors (Lipinski definition) is 2. The van der Waals surface area contributed by atoms with Crippen molar-refractivity contribution in [3.63, 3.8) is 0 Å². The number of guanidine groups is 1. The zero-order valence-electron chi connectivity index (χ0n) is 14.8. The van der Waals surface area contributed by atoms with Crippen LogP contribution in [0.4, 0.5) is 4.39 Å². The van der Waals surface area contributed by atoms with Crippen LogP contribution in [0.15, 0.2) is 33.8 Å². The van der Waals surface area contributed by atoms with Gasteiger partial charge in [0.15, 0.2) is 11.8 Å². The third-order valence-corrected chi connectivity index (χ3v) is 3.46. The molecule has 1 aromatic heterocycles. The van der Waals surface area contributed by atoms with Gasteiger partial charge >= 0.3 is 0 Å². The summed E-state index contributed by atoms with van der Waals surface area (Å²) in [4.78, 5) is 8.51. The van der Waals surface area contributed by atoms with Gasteiger partial charge in [0.2, 0.25) is 5.89 Å². The highest BCUT2D eigenvalue weighted by Crippen LogP contribution is 2.10. The van der Waals surface area contributed by atoms with E-state index in [2.05, 4.69) is 25.8 Å². The molecule has 0 radical (unpaired) electrons. The minimum absolute atomic E-state index is 0. The summed E-state index contributed by atoms with van der Waals surface area (Å²) in [6, 6.07) is 6.39. The zero-order valence-corrected chi connectivity index (χ0v) is 17.1. The van der Waals surface area contributed by atoms with E-state index < -0.39 is 0 Å². The van der Waals surface area contributed by atoms with Gasteiger partial charge in [-0.05, 0) is 24.1 Å². The van der Waals surface area contributed by atoms with Gasteiger partial charge in [-0.1, -0.05) is 31.1 Å². The Labute approximate surface area is 164 Å². The lowest BCUT2D eigenvalue weighted by molar-refractivity contribution is 0.368. The average molecular weight is 461 g/mol. The maximum absolute atomic E-state index is 12.9. The smallest absolute Gasteiger partial charge is 0.226 e. The van der Waals surface area contributed by atoms with E-state index in [0.29, 0.717) is 18.4 Å². The van der Waals surface area contributed by atoms with E-state index in [-0.39, 0.29) is 35.7 Å². The van der Waals surface area contributed by atoms with Crippen LogP contribution in [-0.2, 0) is 13.0 Å². The third kappa shape index (κ3) is 7.37. The molecule has 0 fully saturated rings. The van der Waals surface area contributed by atoms with Crippen molar-refractivity contribution in [1.82, 2.24) is 20.8 Å². The number of rotatable bonds is 7. The van der Waals surface area contributed by atoms with Crippen molar-refractivity contribution in [2.45, 2.75) is 39.2 Å².